The molecule has 2 N–H and O–H groups in total. The summed E-state index contributed by atoms with van der Waals surface area (Å²) >= 11 is 0. The molecule has 2 rings (SSSR count). The molecule has 1 fully saturated rings. The molecule has 0 spiro atoms. The third-order valence-corrected chi connectivity index (χ3v) is 5.99. The monoisotopic (exact) mass is 282 g/mol. The molecule has 0 saturated carbocycles. The van der Waals surface area contributed by atoms with Crippen LogP contribution in [0.1, 0.15) is 32.3 Å². The predicted molar refractivity (Wildman–Crippen MR) is 77.3 cm³/mol. The van der Waals surface area contributed by atoms with E-state index in [4.69, 9.17) is 5.73 Å². The second kappa shape index (κ2) is 5.13. The molecule has 1 aliphatic heterocycles. The van der Waals surface area contributed by atoms with Gasteiger partial charge >= 0.3 is 0 Å². The second-order valence-corrected chi connectivity index (χ2v) is 7.49. The fourth-order valence-electron chi connectivity index (χ4n) is 2.67. The summed E-state index contributed by atoms with van der Waals surface area (Å²) in [6.07, 6.45) is 2.02. The smallest absolute Gasteiger partial charge is 0.243 e. The van der Waals surface area contributed by atoms with Gasteiger partial charge in [-0.1, -0.05) is 6.92 Å². The molecule has 5 heteroatoms. The number of piperidine rings is 1. The molecule has 0 aromatic heterocycles. The first-order chi connectivity index (χ1) is 8.82. The van der Waals surface area contributed by atoms with Crippen LogP contribution in [0.25, 0.3) is 0 Å². The SMILES string of the molecule is Cc1cc(N)ccc1S(=O)(=O)N1CC(C)CCC1C. The zero-order valence-corrected chi connectivity index (χ0v) is 12.6. The van der Waals surface area contributed by atoms with E-state index in [0.717, 1.165) is 12.8 Å². The Hall–Kier alpha value is -1.07. The summed E-state index contributed by atoms with van der Waals surface area (Å²) in [6.45, 7) is 6.48. The zero-order chi connectivity index (χ0) is 14.2. The summed E-state index contributed by atoms with van der Waals surface area (Å²) in [5.74, 6) is 0.417. The van der Waals surface area contributed by atoms with Gasteiger partial charge in [-0.3, -0.25) is 0 Å². The van der Waals surface area contributed by atoms with Crippen LogP contribution in [0.3, 0.4) is 0 Å². The molecule has 0 amide bonds. The Balaban J connectivity index is 2.41. The number of hydrogen-bond donors (Lipinski definition) is 1. The highest BCUT2D eigenvalue weighted by atomic mass is 32.2. The highest BCUT2D eigenvalue weighted by Gasteiger charge is 2.34. The van der Waals surface area contributed by atoms with Gasteiger partial charge in [-0.05, 0) is 56.4 Å². The van der Waals surface area contributed by atoms with Crippen LogP contribution in [0.2, 0.25) is 0 Å². The fourth-order valence-corrected chi connectivity index (χ4v) is 4.66. The Morgan fingerprint density at radius 3 is 2.58 bits per heavy atom. The fraction of sp³-hybridized carbons (Fsp3) is 0.571. The summed E-state index contributed by atoms with van der Waals surface area (Å²) in [6, 6.07) is 5.05. The van der Waals surface area contributed by atoms with Crippen molar-refractivity contribution in [1.82, 2.24) is 4.31 Å². The molecule has 4 nitrogen and oxygen atoms in total. The van der Waals surface area contributed by atoms with Crippen LogP contribution in [-0.2, 0) is 10.0 Å². The van der Waals surface area contributed by atoms with E-state index in [2.05, 4.69) is 6.92 Å². The number of nitrogens with two attached hydrogens (primary N) is 1. The van der Waals surface area contributed by atoms with E-state index in [-0.39, 0.29) is 6.04 Å². The van der Waals surface area contributed by atoms with Crippen molar-refractivity contribution in [2.24, 2.45) is 5.92 Å². The van der Waals surface area contributed by atoms with E-state index in [1.807, 2.05) is 6.92 Å². The molecule has 1 heterocycles. The number of nitrogen functional groups attached to an aromatic ring is 1. The van der Waals surface area contributed by atoms with Crippen molar-refractivity contribution >= 4 is 15.7 Å². The lowest BCUT2D eigenvalue weighted by Gasteiger charge is -2.36. The lowest BCUT2D eigenvalue weighted by atomic mass is 9.97. The third-order valence-electron chi connectivity index (χ3n) is 3.85. The van der Waals surface area contributed by atoms with Crippen LogP contribution in [0, 0.1) is 12.8 Å². The molecule has 106 valence electrons. The second-order valence-electron chi connectivity index (χ2n) is 5.63. The van der Waals surface area contributed by atoms with Crippen molar-refractivity contribution in [3.63, 3.8) is 0 Å². The number of nitrogens with zero attached hydrogens (tertiary/aromatic N) is 1. The van der Waals surface area contributed by atoms with E-state index in [1.54, 1.807) is 29.4 Å². The van der Waals surface area contributed by atoms with Gasteiger partial charge in [0.1, 0.15) is 0 Å². The van der Waals surface area contributed by atoms with E-state index in [0.29, 0.717) is 28.6 Å². The van der Waals surface area contributed by atoms with Crippen molar-refractivity contribution in [1.29, 1.82) is 0 Å². The Kier molecular flexibility index (Phi) is 3.87. The Labute approximate surface area is 115 Å². The van der Waals surface area contributed by atoms with Gasteiger partial charge in [-0.25, -0.2) is 8.42 Å². The first-order valence-corrected chi connectivity index (χ1v) is 8.14. The summed E-state index contributed by atoms with van der Waals surface area (Å²) in [5, 5.41) is 0. The van der Waals surface area contributed by atoms with Crippen molar-refractivity contribution in [2.45, 2.75) is 44.6 Å². The highest BCUT2D eigenvalue weighted by Crippen LogP contribution is 2.29. The molecule has 19 heavy (non-hydrogen) atoms. The van der Waals surface area contributed by atoms with Crippen molar-refractivity contribution in [3.05, 3.63) is 23.8 Å². The van der Waals surface area contributed by atoms with Gasteiger partial charge in [-0.15, -0.1) is 0 Å². The van der Waals surface area contributed by atoms with Crippen molar-refractivity contribution in [2.75, 3.05) is 12.3 Å². The molecular weight excluding hydrogens is 260 g/mol. The van der Waals surface area contributed by atoms with E-state index in [9.17, 15) is 8.42 Å². The summed E-state index contributed by atoms with van der Waals surface area (Å²) in [4.78, 5) is 0.377. The molecule has 1 aliphatic rings. The first kappa shape index (κ1) is 14.3. The van der Waals surface area contributed by atoms with E-state index in [1.165, 1.54) is 0 Å². The van der Waals surface area contributed by atoms with Crippen LogP contribution in [0.5, 0.6) is 0 Å². The molecule has 0 bridgehead atoms. The summed E-state index contributed by atoms with van der Waals surface area (Å²) < 4.78 is 27.2. The van der Waals surface area contributed by atoms with Crippen molar-refractivity contribution in [3.8, 4) is 0 Å². The first-order valence-electron chi connectivity index (χ1n) is 6.70. The van der Waals surface area contributed by atoms with Crippen LogP contribution in [-0.4, -0.2) is 25.3 Å². The van der Waals surface area contributed by atoms with Crippen LogP contribution in [0.4, 0.5) is 5.69 Å². The van der Waals surface area contributed by atoms with Gasteiger partial charge < -0.3 is 5.73 Å². The highest BCUT2D eigenvalue weighted by molar-refractivity contribution is 7.89. The van der Waals surface area contributed by atoms with Gasteiger partial charge in [0, 0.05) is 18.3 Å². The summed E-state index contributed by atoms with van der Waals surface area (Å²) in [5.41, 5.74) is 7.00. The quantitative estimate of drug-likeness (QED) is 0.847. The minimum Gasteiger partial charge on any atom is -0.399 e. The number of anilines is 1. The molecular formula is C14H22N2O2S. The lowest BCUT2D eigenvalue weighted by molar-refractivity contribution is 0.218. The Morgan fingerprint density at radius 1 is 1.26 bits per heavy atom. The van der Waals surface area contributed by atoms with Gasteiger partial charge in [-0.2, -0.15) is 4.31 Å². The lowest BCUT2D eigenvalue weighted by Crippen LogP contribution is -2.44. The molecule has 1 aromatic rings. The Bertz CT molecular complexity index is 569. The molecule has 0 radical (unpaired) electrons. The maximum Gasteiger partial charge on any atom is 0.243 e. The Morgan fingerprint density at radius 2 is 1.95 bits per heavy atom. The molecule has 1 saturated heterocycles. The van der Waals surface area contributed by atoms with Gasteiger partial charge in [0.25, 0.3) is 0 Å². The molecule has 0 aliphatic carbocycles. The number of aryl methyl sites for hydroxylation is 1. The van der Waals surface area contributed by atoms with Gasteiger partial charge in [0.15, 0.2) is 0 Å². The van der Waals surface area contributed by atoms with E-state index < -0.39 is 10.0 Å². The largest absolute Gasteiger partial charge is 0.399 e. The van der Waals surface area contributed by atoms with Gasteiger partial charge in [0.05, 0.1) is 4.90 Å². The minimum absolute atomic E-state index is 0.0677. The molecule has 2 atom stereocenters. The van der Waals surface area contributed by atoms with Crippen LogP contribution < -0.4 is 5.73 Å². The van der Waals surface area contributed by atoms with Crippen LogP contribution >= 0.6 is 0 Å². The number of benzene rings is 1. The maximum atomic E-state index is 12.8. The van der Waals surface area contributed by atoms with Gasteiger partial charge in [0.2, 0.25) is 10.0 Å². The normalized spacial score (nSPS) is 25.4. The van der Waals surface area contributed by atoms with E-state index >= 15 is 0 Å². The predicted octanol–water partition coefficient (Wildman–Crippen LogP) is 2.39. The number of sulfonamides is 1. The third kappa shape index (κ3) is 2.77. The molecule has 1 aromatic carbocycles. The average molecular weight is 282 g/mol. The average Bonchev–Trinajstić information content (AvgIpc) is 2.31. The summed E-state index contributed by atoms with van der Waals surface area (Å²) in [7, 11) is -3.41. The van der Waals surface area contributed by atoms with Crippen molar-refractivity contribution < 1.29 is 8.42 Å². The number of hydrogen-bond acceptors (Lipinski definition) is 3. The number of rotatable bonds is 2. The van der Waals surface area contributed by atoms with Crippen LogP contribution in [0.15, 0.2) is 23.1 Å². The molecule has 2 unspecified atom stereocenters. The standard InChI is InChI=1S/C14H22N2O2S/c1-10-4-5-12(3)16(9-10)19(17,18)14-7-6-13(15)8-11(14)2/h6-8,10,12H,4-5,9,15H2,1-3H3. The zero-order valence-electron chi connectivity index (χ0n) is 11.8. The maximum absolute atomic E-state index is 12.8. The minimum atomic E-state index is -3.41. The topological polar surface area (TPSA) is 63.4 Å².